The van der Waals surface area contributed by atoms with Gasteiger partial charge in [0.05, 0.1) is 23.3 Å². The zero-order chi connectivity index (χ0) is 21.4. The predicted octanol–water partition coefficient (Wildman–Crippen LogP) is 2.84. The molecule has 1 aliphatic carbocycles. The highest BCUT2D eigenvalue weighted by Gasteiger charge is 2.38. The van der Waals surface area contributed by atoms with Gasteiger partial charge in [0.1, 0.15) is 14.6 Å². The Morgan fingerprint density at radius 3 is 2.84 bits per heavy atom. The van der Waals surface area contributed by atoms with Crippen LogP contribution < -0.4 is 5.32 Å². The number of aromatic nitrogens is 2. The van der Waals surface area contributed by atoms with Crippen molar-refractivity contribution in [1.29, 1.82) is 0 Å². The number of hydrogen-bond acceptors (Lipinski definition) is 10. The highest BCUT2D eigenvalue weighted by Crippen LogP contribution is 2.36. The summed E-state index contributed by atoms with van der Waals surface area (Å²) < 4.78 is 30.6. The number of oxime groups is 1. The lowest BCUT2D eigenvalue weighted by Crippen LogP contribution is -2.24. The maximum Gasteiger partial charge on any atom is 0.280 e. The molecule has 3 aromatic heterocycles. The van der Waals surface area contributed by atoms with Gasteiger partial charge in [-0.25, -0.2) is 18.4 Å². The van der Waals surface area contributed by atoms with Crippen molar-refractivity contribution in [1.82, 2.24) is 9.97 Å². The first-order chi connectivity index (χ1) is 15.0. The van der Waals surface area contributed by atoms with Gasteiger partial charge in [0, 0.05) is 12.6 Å². The topological polar surface area (TPSA) is 120 Å². The van der Waals surface area contributed by atoms with E-state index in [4.69, 9.17) is 9.57 Å². The minimum absolute atomic E-state index is 0.00126. The maximum absolute atomic E-state index is 13.1. The van der Waals surface area contributed by atoms with Crippen molar-refractivity contribution in [3.8, 4) is 0 Å². The van der Waals surface area contributed by atoms with Crippen LogP contribution in [0.1, 0.15) is 24.1 Å². The highest BCUT2D eigenvalue weighted by molar-refractivity contribution is 7.94. The SMILES string of the molecule is O=C(Nc1nc2cccnc2s1)C(=NO[C@@H]1CCOC1)c1ccc(S(=O)(=O)C2CC2)s1. The van der Waals surface area contributed by atoms with E-state index in [1.54, 1.807) is 24.4 Å². The number of rotatable bonds is 7. The number of hydrogen-bond donors (Lipinski definition) is 1. The van der Waals surface area contributed by atoms with Crippen LogP contribution >= 0.6 is 22.7 Å². The van der Waals surface area contributed by atoms with E-state index in [1.807, 2.05) is 0 Å². The quantitative estimate of drug-likeness (QED) is 0.409. The van der Waals surface area contributed by atoms with E-state index in [9.17, 15) is 13.2 Å². The number of thiazole rings is 1. The van der Waals surface area contributed by atoms with Crippen LogP contribution in [0.4, 0.5) is 5.13 Å². The third-order valence-electron chi connectivity index (χ3n) is 4.84. The summed E-state index contributed by atoms with van der Waals surface area (Å²) >= 11 is 2.26. The molecule has 1 amide bonds. The molecule has 162 valence electrons. The Kier molecular flexibility index (Phi) is 5.46. The van der Waals surface area contributed by atoms with E-state index in [0.29, 0.717) is 52.8 Å². The summed E-state index contributed by atoms with van der Waals surface area (Å²) in [7, 11) is -3.36. The van der Waals surface area contributed by atoms with Crippen LogP contribution in [0, 0.1) is 0 Å². The molecule has 4 heterocycles. The van der Waals surface area contributed by atoms with Crippen molar-refractivity contribution in [3.05, 3.63) is 35.3 Å². The Morgan fingerprint density at radius 1 is 1.23 bits per heavy atom. The van der Waals surface area contributed by atoms with Crippen molar-refractivity contribution in [3.63, 3.8) is 0 Å². The van der Waals surface area contributed by atoms with Crippen LogP contribution in [0.5, 0.6) is 0 Å². The summed E-state index contributed by atoms with van der Waals surface area (Å²) in [5.74, 6) is -0.532. The van der Waals surface area contributed by atoms with Gasteiger partial charge in [-0.3, -0.25) is 10.1 Å². The van der Waals surface area contributed by atoms with Crippen LogP contribution in [-0.2, 0) is 24.2 Å². The van der Waals surface area contributed by atoms with Crippen molar-refractivity contribution in [2.24, 2.45) is 5.16 Å². The fraction of sp³-hybridized carbons (Fsp3) is 0.368. The average molecular weight is 479 g/mol. The molecule has 0 aromatic carbocycles. The van der Waals surface area contributed by atoms with Gasteiger partial charge < -0.3 is 9.57 Å². The zero-order valence-corrected chi connectivity index (χ0v) is 18.6. The number of ether oxygens (including phenoxy) is 1. The average Bonchev–Trinajstić information content (AvgIpc) is 3.15. The molecule has 1 aliphatic heterocycles. The van der Waals surface area contributed by atoms with Crippen molar-refractivity contribution in [2.45, 2.75) is 34.8 Å². The Hall–Kier alpha value is -2.41. The number of nitrogens with zero attached hydrogens (tertiary/aromatic N) is 3. The third-order valence-corrected chi connectivity index (χ3v) is 9.62. The van der Waals surface area contributed by atoms with Gasteiger partial charge in [0.15, 0.2) is 26.8 Å². The van der Waals surface area contributed by atoms with Crippen LogP contribution in [0.3, 0.4) is 0 Å². The van der Waals surface area contributed by atoms with Gasteiger partial charge in [-0.05, 0) is 37.1 Å². The molecule has 1 saturated heterocycles. The van der Waals surface area contributed by atoms with E-state index in [0.717, 1.165) is 11.3 Å². The number of nitrogens with one attached hydrogen (secondary N) is 1. The van der Waals surface area contributed by atoms with E-state index in [-0.39, 0.29) is 21.3 Å². The molecule has 12 heteroatoms. The predicted molar refractivity (Wildman–Crippen MR) is 117 cm³/mol. The van der Waals surface area contributed by atoms with Crippen LogP contribution in [0.2, 0.25) is 0 Å². The van der Waals surface area contributed by atoms with Gasteiger partial charge in [-0.15, -0.1) is 11.3 Å². The fourth-order valence-corrected chi connectivity index (χ4v) is 7.05. The summed E-state index contributed by atoms with van der Waals surface area (Å²) in [5.41, 5.74) is 0.677. The summed E-state index contributed by atoms with van der Waals surface area (Å²) in [6.07, 6.45) is 3.43. The number of carbonyl (C=O) groups is 1. The number of fused-ring (bicyclic) bond motifs is 1. The van der Waals surface area contributed by atoms with Gasteiger partial charge in [-0.1, -0.05) is 16.5 Å². The van der Waals surface area contributed by atoms with Crippen LogP contribution in [0.25, 0.3) is 10.3 Å². The zero-order valence-electron chi connectivity index (χ0n) is 16.2. The van der Waals surface area contributed by atoms with Gasteiger partial charge >= 0.3 is 0 Å². The second kappa shape index (κ2) is 8.26. The van der Waals surface area contributed by atoms with Gasteiger partial charge in [0.2, 0.25) is 0 Å². The molecule has 0 bridgehead atoms. The lowest BCUT2D eigenvalue weighted by Gasteiger charge is -2.08. The molecule has 1 saturated carbocycles. The molecule has 1 N–H and O–H groups in total. The number of thiophene rings is 1. The lowest BCUT2D eigenvalue weighted by atomic mass is 10.3. The second-order valence-electron chi connectivity index (χ2n) is 7.19. The normalized spacial score (nSPS) is 19.6. The number of amides is 1. The highest BCUT2D eigenvalue weighted by atomic mass is 32.2. The lowest BCUT2D eigenvalue weighted by molar-refractivity contribution is -0.110. The first-order valence-corrected chi connectivity index (χ1v) is 12.9. The number of anilines is 1. The van der Waals surface area contributed by atoms with Crippen molar-refractivity contribution >= 4 is 59.6 Å². The smallest absolute Gasteiger partial charge is 0.280 e. The maximum atomic E-state index is 13.1. The van der Waals surface area contributed by atoms with E-state index in [1.165, 1.54) is 17.4 Å². The molecule has 31 heavy (non-hydrogen) atoms. The Labute approximate surface area is 186 Å². The molecule has 2 fully saturated rings. The monoisotopic (exact) mass is 478 g/mol. The van der Waals surface area contributed by atoms with Crippen LogP contribution in [0.15, 0.2) is 39.8 Å². The molecule has 5 rings (SSSR count). The summed E-state index contributed by atoms with van der Waals surface area (Å²) in [5, 5.41) is 6.86. The molecule has 0 unspecified atom stereocenters. The molecule has 0 radical (unpaired) electrons. The van der Waals surface area contributed by atoms with Crippen LogP contribution in [-0.4, -0.2) is 54.6 Å². The Balaban J connectivity index is 1.42. The molecular formula is C19H18N4O5S3. The number of sulfone groups is 1. The molecule has 3 aromatic rings. The van der Waals surface area contributed by atoms with E-state index in [2.05, 4.69) is 20.4 Å². The summed E-state index contributed by atoms with van der Waals surface area (Å²) in [6.45, 7) is 0.969. The van der Waals surface area contributed by atoms with E-state index >= 15 is 0 Å². The number of carbonyl (C=O) groups excluding carboxylic acids is 1. The summed E-state index contributed by atoms with van der Waals surface area (Å²) in [4.78, 5) is 28.3. The molecule has 2 aliphatic rings. The minimum Gasteiger partial charge on any atom is -0.389 e. The Bertz CT molecular complexity index is 1220. The summed E-state index contributed by atoms with van der Waals surface area (Å²) in [6, 6.07) is 6.69. The molecule has 0 spiro atoms. The van der Waals surface area contributed by atoms with Gasteiger partial charge in [0.25, 0.3) is 5.91 Å². The molecule has 9 nitrogen and oxygen atoms in total. The standard InChI is InChI=1S/C19H18N4O5S3/c24-17(22-19-21-13-2-1-8-20-18(13)30-19)16(23-28-11-7-9-27-10-11)14-5-6-15(29-14)31(25,26)12-3-4-12/h1-2,5-6,8,11-12H,3-4,7,9-10H2,(H,21,22,24)/t11-/m1/s1. The van der Waals surface area contributed by atoms with Crippen molar-refractivity contribution < 1.29 is 22.8 Å². The fourth-order valence-electron chi connectivity index (χ4n) is 3.04. The largest absolute Gasteiger partial charge is 0.389 e. The minimum atomic E-state index is -3.36. The molecule has 1 atom stereocenters. The van der Waals surface area contributed by atoms with Crippen molar-refractivity contribution in [2.75, 3.05) is 18.5 Å². The van der Waals surface area contributed by atoms with E-state index < -0.39 is 15.7 Å². The molecular weight excluding hydrogens is 460 g/mol. The Morgan fingerprint density at radius 2 is 2.10 bits per heavy atom. The third kappa shape index (κ3) is 4.33. The second-order valence-corrected chi connectivity index (χ2v) is 11.7. The first-order valence-electron chi connectivity index (χ1n) is 9.69. The van der Waals surface area contributed by atoms with Gasteiger partial charge in [-0.2, -0.15) is 0 Å². The first kappa shape index (κ1) is 20.5. The number of pyridine rings is 1.